The lowest BCUT2D eigenvalue weighted by Gasteiger charge is -2.15. The molecular weight excluding hydrogens is 304 g/mol. The molecule has 1 aromatic carbocycles. The zero-order valence-corrected chi connectivity index (χ0v) is 14.0. The summed E-state index contributed by atoms with van der Waals surface area (Å²) in [5.74, 6) is 2.33. The van der Waals surface area contributed by atoms with Crippen molar-refractivity contribution in [3.63, 3.8) is 0 Å². The van der Waals surface area contributed by atoms with Crippen LogP contribution in [-0.2, 0) is 13.0 Å². The number of methoxy groups -OCH3 is 1. The van der Waals surface area contributed by atoms with E-state index in [4.69, 9.17) is 9.47 Å². The number of rotatable bonds is 5. The van der Waals surface area contributed by atoms with E-state index in [9.17, 15) is 0 Å². The summed E-state index contributed by atoms with van der Waals surface area (Å²) < 4.78 is 11.1. The van der Waals surface area contributed by atoms with Crippen LogP contribution in [0.2, 0.25) is 0 Å². The normalized spacial score (nSPS) is 16.2. The van der Waals surface area contributed by atoms with Crippen LogP contribution in [0, 0.1) is 0 Å². The van der Waals surface area contributed by atoms with Gasteiger partial charge in [-0.2, -0.15) is 0 Å². The third-order valence-corrected chi connectivity index (χ3v) is 3.90. The van der Waals surface area contributed by atoms with Gasteiger partial charge in [-0.1, -0.05) is 18.2 Å². The van der Waals surface area contributed by atoms with Crippen molar-refractivity contribution in [1.29, 1.82) is 0 Å². The van der Waals surface area contributed by atoms with Crippen molar-refractivity contribution in [3.8, 4) is 11.6 Å². The number of guanidine groups is 1. The van der Waals surface area contributed by atoms with E-state index < -0.39 is 0 Å². The first-order valence-corrected chi connectivity index (χ1v) is 7.96. The Morgan fingerprint density at radius 1 is 1.33 bits per heavy atom. The Balaban J connectivity index is 1.47. The highest BCUT2D eigenvalue weighted by molar-refractivity contribution is 5.79. The molecule has 2 aromatic rings. The number of pyridine rings is 1. The number of para-hydroxylation sites is 1. The molecule has 6 nitrogen and oxygen atoms in total. The summed E-state index contributed by atoms with van der Waals surface area (Å²) in [6, 6.07) is 12.0. The van der Waals surface area contributed by atoms with Gasteiger partial charge in [0.1, 0.15) is 11.9 Å². The molecule has 0 fully saturated rings. The summed E-state index contributed by atoms with van der Waals surface area (Å²) in [7, 11) is 3.37. The second kappa shape index (κ2) is 7.68. The summed E-state index contributed by atoms with van der Waals surface area (Å²) in [6.45, 7) is 1.35. The van der Waals surface area contributed by atoms with E-state index in [0.717, 1.165) is 23.7 Å². The maximum absolute atomic E-state index is 5.92. The van der Waals surface area contributed by atoms with Gasteiger partial charge in [-0.15, -0.1) is 0 Å². The summed E-state index contributed by atoms with van der Waals surface area (Å²) in [4.78, 5) is 8.35. The van der Waals surface area contributed by atoms with Gasteiger partial charge in [0.2, 0.25) is 5.88 Å². The SMILES string of the molecule is CN=C(NCc1ccnc(OC)c1)NCC1Cc2ccccc2O1. The molecule has 24 heavy (non-hydrogen) atoms. The van der Waals surface area contributed by atoms with Crippen LogP contribution in [0.5, 0.6) is 11.6 Å². The number of nitrogens with zero attached hydrogens (tertiary/aromatic N) is 2. The number of ether oxygens (including phenoxy) is 2. The van der Waals surface area contributed by atoms with Gasteiger partial charge in [0.05, 0.1) is 13.7 Å². The van der Waals surface area contributed by atoms with Gasteiger partial charge in [0.15, 0.2) is 5.96 Å². The number of aliphatic imine (C=N–C) groups is 1. The monoisotopic (exact) mass is 326 g/mol. The summed E-state index contributed by atoms with van der Waals surface area (Å²) in [5.41, 5.74) is 2.34. The maximum Gasteiger partial charge on any atom is 0.213 e. The Labute approximate surface area is 141 Å². The van der Waals surface area contributed by atoms with Gasteiger partial charge in [0, 0.05) is 32.3 Å². The average molecular weight is 326 g/mol. The fraction of sp³-hybridized carbons (Fsp3) is 0.333. The largest absolute Gasteiger partial charge is 0.488 e. The predicted molar refractivity (Wildman–Crippen MR) is 93.6 cm³/mol. The smallest absolute Gasteiger partial charge is 0.213 e. The highest BCUT2D eigenvalue weighted by atomic mass is 16.5. The van der Waals surface area contributed by atoms with Crippen LogP contribution in [0.1, 0.15) is 11.1 Å². The topological polar surface area (TPSA) is 67.8 Å². The zero-order valence-electron chi connectivity index (χ0n) is 14.0. The Hall–Kier alpha value is -2.76. The van der Waals surface area contributed by atoms with Gasteiger partial charge in [0.25, 0.3) is 0 Å². The van der Waals surface area contributed by atoms with Gasteiger partial charge >= 0.3 is 0 Å². The number of hydrogen-bond donors (Lipinski definition) is 2. The average Bonchev–Trinajstić information content (AvgIpc) is 3.05. The Bertz CT molecular complexity index is 693. The van der Waals surface area contributed by atoms with Crippen molar-refractivity contribution in [3.05, 3.63) is 53.7 Å². The lowest BCUT2D eigenvalue weighted by molar-refractivity contribution is 0.235. The number of benzene rings is 1. The van der Waals surface area contributed by atoms with Crippen molar-refractivity contribution in [2.45, 2.75) is 19.1 Å². The number of nitrogens with one attached hydrogen (secondary N) is 2. The van der Waals surface area contributed by atoms with E-state index in [1.54, 1.807) is 20.4 Å². The number of hydrogen-bond acceptors (Lipinski definition) is 4. The van der Waals surface area contributed by atoms with Crippen LogP contribution < -0.4 is 20.1 Å². The molecule has 0 aliphatic carbocycles. The van der Waals surface area contributed by atoms with Crippen molar-refractivity contribution in [2.75, 3.05) is 20.7 Å². The molecule has 126 valence electrons. The van der Waals surface area contributed by atoms with E-state index in [1.165, 1.54) is 5.56 Å². The van der Waals surface area contributed by atoms with Gasteiger partial charge < -0.3 is 20.1 Å². The van der Waals surface area contributed by atoms with Gasteiger partial charge in [-0.05, 0) is 23.3 Å². The minimum atomic E-state index is 0.127. The molecule has 3 rings (SSSR count). The molecule has 0 saturated heterocycles. The highest BCUT2D eigenvalue weighted by Gasteiger charge is 2.22. The molecule has 0 amide bonds. The molecule has 1 atom stereocenters. The maximum atomic E-state index is 5.92. The number of aromatic nitrogens is 1. The summed E-state index contributed by atoms with van der Waals surface area (Å²) >= 11 is 0. The van der Waals surface area contributed by atoms with Crippen LogP contribution in [-0.4, -0.2) is 37.7 Å². The molecule has 0 bridgehead atoms. The van der Waals surface area contributed by atoms with Crippen LogP contribution in [0.3, 0.4) is 0 Å². The van der Waals surface area contributed by atoms with Crippen molar-refractivity contribution >= 4 is 5.96 Å². The molecule has 0 saturated carbocycles. The molecule has 1 aromatic heterocycles. The quantitative estimate of drug-likeness (QED) is 0.647. The molecule has 0 spiro atoms. The standard InChI is InChI=1S/C18H22N4O2/c1-19-18(21-11-13-7-8-20-17(9-13)23-2)22-12-15-10-14-5-3-4-6-16(14)24-15/h3-9,15H,10-12H2,1-2H3,(H2,19,21,22). The minimum Gasteiger partial charge on any atom is -0.488 e. The Kier molecular flexibility index (Phi) is 5.15. The molecular formula is C18H22N4O2. The third-order valence-electron chi connectivity index (χ3n) is 3.90. The van der Waals surface area contributed by atoms with Crippen LogP contribution in [0.25, 0.3) is 0 Å². The number of fused-ring (bicyclic) bond motifs is 1. The van der Waals surface area contributed by atoms with E-state index in [-0.39, 0.29) is 6.10 Å². The highest BCUT2D eigenvalue weighted by Crippen LogP contribution is 2.27. The van der Waals surface area contributed by atoms with E-state index in [1.807, 2.05) is 30.3 Å². The molecule has 2 heterocycles. The van der Waals surface area contributed by atoms with Crippen molar-refractivity contribution in [2.24, 2.45) is 4.99 Å². The molecule has 0 radical (unpaired) electrons. The zero-order chi connectivity index (χ0) is 16.8. The van der Waals surface area contributed by atoms with E-state index >= 15 is 0 Å². The van der Waals surface area contributed by atoms with Gasteiger partial charge in [-0.25, -0.2) is 4.98 Å². The fourth-order valence-electron chi connectivity index (χ4n) is 2.66. The van der Waals surface area contributed by atoms with Crippen LogP contribution in [0.4, 0.5) is 0 Å². The molecule has 6 heteroatoms. The molecule has 2 N–H and O–H groups in total. The Morgan fingerprint density at radius 2 is 2.21 bits per heavy atom. The lowest BCUT2D eigenvalue weighted by Crippen LogP contribution is -2.41. The van der Waals surface area contributed by atoms with Crippen molar-refractivity contribution in [1.82, 2.24) is 15.6 Å². The first-order valence-electron chi connectivity index (χ1n) is 7.96. The van der Waals surface area contributed by atoms with Crippen LogP contribution >= 0.6 is 0 Å². The van der Waals surface area contributed by atoms with Gasteiger partial charge in [-0.3, -0.25) is 4.99 Å². The second-order valence-electron chi connectivity index (χ2n) is 5.56. The van der Waals surface area contributed by atoms with Crippen LogP contribution in [0.15, 0.2) is 47.6 Å². The predicted octanol–water partition coefficient (Wildman–Crippen LogP) is 1.76. The second-order valence-corrected chi connectivity index (χ2v) is 5.56. The molecule has 1 aliphatic rings. The molecule has 1 unspecified atom stereocenters. The minimum absolute atomic E-state index is 0.127. The van der Waals surface area contributed by atoms with Crippen molar-refractivity contribution < 1.29 is 9.47 Å². The fourth-order valence-corrected chi connectivity index (χ4v) is 2.66. The Morgan fingerprint density at radius 3 is 3.00 bits per heavy atom. The van der Waals surface area contributed by atoms with E-state index in [2.05, 4.69) is 26.7 Å². The summed E-state index contributed by atoms with van der Waals surface area (Å²) in [5, 5.41) is 6.59. The third kappa shape index (κ3) is 3.95. The first-order chi connectivity index (χ1) is 11.8. The molecule has 1 aliphatic heterocycles. The first kappa shape index (κ1) is 16.1. The summed E-state index contributed by atoms with van der Waals surface area (Å²) in [6.07, 6.45) is 2.78. The van der Waals surface area contributed by atoms with E-state index in [0.29, 0.717) is 19.0 Å². The lowest BCUT2D eigenvalue weighted by atomic mass is 10.1.